The van der Waals surface area contributed by atoms with Gasteiger partial charge in [-0.25, -0.2) is 4.98 Å². The summed E-state index contributed by atoms with van der Waals surface area (Å²) in [5.74, 6) is -0.154. The van der Waals surface area contributed by atoms with E-state index in [0.717, 1.165) is 16.3 Å². The molecule has 0 spiro atoms. The number of amides is 1. The number of aryl methyl sites for hydroxylation is 3. The van der Waals surface area contributed by atoms with Crippen LogP contribution in [0.3, 0.4) is 0 Å². The van der Waals surface area contributed by atoms with Crippen LogP contribution in [0.25, 0.3) is 0 Å². The number of carbonyl (C=O) groups excluding carboxylic acids is 1. The summed E-state index contributed by atoms with van der Waals surface area (Å²) in [4.78, 5) is 16.8. The minimum absolute atomic E-state index is 0.154. The van der Waals surface area contributed by atoms with Gasteiger partial charge in [0.05, 0.1) is 10.8 Å². The van der Waals surface area contributed by atoms with Gasteiger partial charge in [0.1, 0.15) is 16.1 Å². The van der Waals surface area contributed by atoms with E-state index in [1.165, 1.54) is 23.1 Å². The molecule has 2 aromatic heterocycles. The maximum Gasteiger partial charge on any atom is 0.239 e. The Morgan fingerprint density at radius 1 is 1.43 bits per heavy atom. The predicted octanol–water partition coefficient (Wildman–Crippen LogP) is 3.24. The smallest absolute Gasteiger partial charge is 0.239 e. The molecular formula is C15H17N5OS2. The van der Waals surface area contributed by atoms with Gasteiger partial charge in [-0.15, -0.1) is 10.2 Å². The number of nitrogens with zero attached hydrogens (tertiary/aromatic N) is 4. The first kappa shape index (κ1) is 17.4. The summed E-state index contributed by atoms with van der Waals surface area (Å²) in [6.45, 7) is 7.51. The average Bonchev–Trinajstić information content (AvgIpc) is 2.89. The predicted molar refractivity (Wildman–Crippen MR) is 91.6 cm³/mol. The molecule has 1 unspecified atom stereocenters. The molecule has 1 amide bonds. The van der Waals surface area contributed by atoms with E-state index in [0.29, 0.717) is 22.1 Å². The molecule has 0 saturated heterocycles. The van der Waals surface area contributed by atoms with Crippen molar-refractivity contribution < 1.29 is 4.79 Å². The highest BCUT2D eigenvalue weighted by molar-refractivity contribution is 8.00. The van der Waals surface area contributed by atoms with Crippen LogP contribution < -0.4 is 5.32 Å². The number of hydrogen-bond acceptors (Lipinski definition) is 7. The molecule has 0 radical (unpaired) electrons. The Hall–Kier alpha value is -1.98. The topological polar surface area (TPSA) is 91.6 Å². The van der Waals surface area contributed by atoms with Crippen molar-refractivity contribution >= 4 is 34.1 Å². The zero-order chi connectivity index (χ0) is 17.0. The molecule has 0 aliphatic rings. The molecule has 120 valence electrons. The van der Waals surface area contributed by atoms with Gasteiger partial charge in [0.25, 0.3) is 0 Å². The number of nitriles is 1. The second-order valence-electron chi connectivity index (χ2n) is 5.00. The lowest BCUT2D eigenvalue weighted by Gasteiger charge is -2.14. The highest BCUT2D eigenvalue weighted by Gasteiger charge is 2.22. The average molecular weight is 347 g/mol. The SMILES string of the molecule is CCC(Sc1nc(C)cc(C)c1C#N)C(=O)Nc1nnc(C)s1. The van der Waals surface area contributed by atoms with Crippen LogP contribution in [-0.2, 0) is 4.79 Å². The molecule has 23 heavy (non-hydrogen) atoms. The van der Waals surface area contributed by atoms with Gasteiger partial charge in [-0.3, -0.25) is 10.1 Å². The fraction of sp³-hybridized carbons (Fsp3) is 0.400. The highest BCUT2D eigenvalue weighted by Crippen LogP contribution is 2.30. The minimum atomic E-state index is -0.347. The third-order valence-corrected chi connectivity index (χ3v) is 5.20. The number of carbonyl (C=O) groups is 1. The summed E-state index contributed by atoms with van der Waals surface area (Å²) in [7, 11) is 0. The molecule has 0 bridgehead atoms. The Morgan fingerprint density at radius 2 is 2.17 bits per heavy atom. The Bertz CT molecular complexity index is 766. The van der Waals surface area contributed by atoms with Crippen LogP contribution >= 0.6 is 23.1 Å². The van der Waals surface area contributed by atoms with Crippen molar-refractivity contribution in [3.63, 3.8) is 0 Å². The second-order valence-corrected chi connectivity index (χ2v) is 7.38. The van der Waals surface area contributed by atoms with Gasteiger partial charge in [-0.05, 0) is 38.8 Å². The molecule has 0 aliphatic heterocycles. The summed E-state index contributed by atoms with van der Waals surface area (Å²) in [6.07, 6.45) is 0.619. The maximum absolute atomic E-state index is 12.4. The van der Waals surface area contributed by atoms with E-state index in [-0.39, 0.29) is 11.2 Å². The van der Waals surface area contributed by atoms with Gasteiger partial charge in [0.2, 0.25) is 11.0 Å². The molecule has 8 heteroatoms. The highest BCUT2D eigenvalue weighted by atomic mass is 32.2. The van der Waals surface area contributed by atoms with E-state index in [4.69, 9.17) is 0 Å². The van der Waals surface area contributed by atoms with E-state index in [2.05, 4.69) is 26.6 Å². The van der Waals surface area contributed by atoms with Crippen molar-refractivity contribution in [2.75, 3.05) is 5.32 Å². The first-order valence-corrected chi connectivity index (χ1v) is 8.80. The van der Waals surface area contributed by atoms with Gasteiger partial charge in [0.15, 0.2) is 0 Å². The molecule has 2 rings (SSSR count). The van der Waals surface area contributed by atoms with Crippen molar-refractivity contribution in [2.24, 2.45) is 0 Å². The Labute approximate surface area is 143 Å². The van der Waals surface area contributed by atoms with Gasteiger partial charge >= 0.3 is 0 Å². The van der Waals surface area contributed by atoms with Gasteiger partial charge < -0.3 is 0 Å². The van der Waals surface area contributed by atoms with Crippen LogP contribution in [-0.4, -0.2) is 26.3 Å². The largest absolute Gasteiger partial charge is 0.300 e. The van der Waals surface area contributed by atoms with E-state index < -0.39 is 0 Å². The van der Waals surface area contributed by atoms with Gasteiger partial charge in [-0.2, -0.15) is 5.26 Å². The fourth-order valence-corrected chi connectivity index (χ4v) is 3.73. The van der Waals surface area contributed by atoms with Crippen molar-refractivity contribution in [1.82, 2.24) is 15.2 Å². The third-order valence-electron chi connectivity index (χ3n) is 3.10. The van der Waals surface area contributed by atoms with E-state index in [1.807, 2.05) is 33.8 Å². The molecule has 0 aromatic carbocycles. The second kappa shape index (κ2) is 7.53. The van der Waals surface area contributed by atoms with Crippen LogP contribution in [0.15, 0.2) is 11.1 Å². The van der Waals surface area contributed by atoms with Crippen LogP contribution in [0.5, 0.6) is 0 Å². The summed E-state index contributed by atoms with van der Waals surface area (Å²) in [5.41, 5.74) is 2.23. The molecule has 0 saturated carbocycles. The molecule has 2 aromatic rings. The summed E-state index contributed by atoms with van der Waals surface area (Å²) in [6, 6.07) is 4.05. The monoisotopic (exact) mass is 347 g/mol. The first-order chi connectivity index (χ1) is 10.9. The number of rotatable bonds is 5. The molecule has 0 aliphatic carbocycles. The van der Waals surface area contributed by atoms with Crippen LogP contribution in [0.1, 0.15) is 35.2 Å². The molecule has 0 fully saturated rings. The number of hydrogen-bond donors (Lipinski definition) is 1. The Kier molecular flexibility index (Phi) is 5.69. The fourth-order valence-electron chi connectivity index (χ4n) is 2.01. The number of nitrogens with one attached hydrogen (secondary N) is 1. The molecule has 1 N–H and O–H groups in total. The lowest BCUT2D eigenvalue weighted by Crippen LogP contribution is -2.24. The molecule has 1 atom stereocenters. The van der Waals surface area contributed by atoms with Gasteiger partial charge in [0, 0.05) is 5.69 Å². The Morgan fingerprint density at radius 3 is 2.74 bits per heavy atom. The van der Waals surface area contributed by atoms with E-state index in [1.54, 1.807) is 0 Å². The quantitative estimate of drug-likeness (QED) is 0.835. The lowest BCUT2D eigenvalue weighted by molar-refractivity contribution is -0.115. The number of thioether (sulfide) groups is 1. The third kappa shape index (κ3) is 4.27. The molecular weight excluding hydrogens is 330 g/mol. The normalized spacial score (nSPS) is 11.8. The number of aromatic nitrogens is 3. The van der Waals surface area contributed by atoms with E-state index >= 15 is 0 Å². The molecule has 2 heterocycles. The minimum Gasteiger partial charge on any atom is -0.300 e. The number of pyridine rings is 1. The standard InChI is InChI=1S/C15H17N5OS2/c1-5-12(13(21)18-15-20-19-10(4)22-15)23-14-11(7-16)8(2)6-9(3)17-14/h6,12H,5H2,1-4H3,(H,18,20,21). The number of anilines is 1. The van der Waals surface area contributed by atoms with E-state index in [9.17, 15) is 10.1 Å². The Balaban J connectivity index is 2.19. The summed E-state index contributed by atoms with van der Waals surface area (Å²) in [5, 5.41) is 21.4. The molecule has 6 nitrogen and oxygen atoms in total. The zero-order valence-electron chi connectivity index (χ0n) is 13.4. The van der Waals surface area contributed by atoms with Crippen LogP contribution in [0.4, 0.5) is 5.13 Å². The van der Waals surface area contributed by atoms with Crippen LogP contribution in [0, 0.1) is 32.1 Å². The summed E-state index contributed by atoms with van der Waals surface area (Å²) < 4.78 is 0. The van der Waals surface area contributed by atoms with Crippen molar-refractivity contribution in [1.29, 1.82) is 5.26 Å². The zero-order valence-corrected chi connectivity index (χ0v) is 15.0. The van der Waals surface area contributed by atoms with Crippen molar-refractivity contribution in [3.8, 4) is 6.07 Å². The maximum atomic E-state index is 12.4. The lowest BCUT2D eigenvalue weighted by atomic mass is 10.1. The van der Waals surface area contributed by atoms with Crippen LogP contribution in [0.2, 0.25) is 0 Å². The summed E-state index contributed by atoms with van der Waals surface area (Å²) >= 11 is 2.64. The first-order valence-electron chi connectivity index (χ1n) is 7.10. The van der Waals surface area contributed by atoms with Gasteiger partial charge in [-0.1, -0.05) is 30.0 Å². The van der Waals surface area contributed by atoms with Crippen molar-refractivity contribution in [2.45, 2.75) is 44.4 Å². The van der Waals surface area contributed by atoms with Crippen molar-refractivity contribution in [3.05, 3.63) is 27.9 Å².